The smallest absolute Gasteiger partial charge is 0.202 e. The third-order valence-corrected chi connectivity index (χ3v) is 5.60. The highest BCUT2D eigenvalue weighted by Crippen LogP contribution is 2.56. The van der Waals surface area contributed by atoms with Crippen LogP contribution in [0, 0.1) is 0 Å². The Hall–Kier alpha value is -2.11. The third kappa shape index (κ3) is 1.66. The fourth-order valence-electron chi connectivity index (χ4n) is 4.24. The van der Waals surface area contributed by atoms with E-state index < -0.39 is 11.1 Å². The number of allylic oxidation sites excluding steroid dienone is 2. The Balaban J connectivity index is 2.02. The molecule has 120 valence electrons. The third-order valence-electron chi connectivity index (χ3n) is 5.60. The van der Waals surface area contributed by atoms with E-state index in [0.717, 1.165) is 23.1 Å². The summed E-state index contributed by atoms with van der Waals surface area (Å²) in [5, 5.41) is 21.6. The topological polar surface area (TPSA) is 70.0 Å². The number of methoxy groups -OCH3 is 1. The first kappa shape index (κ1) is 14.5. The summed E-state index contributed by atoms with van der Waals surface area (Å²) < 4.78 is 5.26. The summed E-state index contributed by atoms with van der Waals surface area (Å²) >= 11 is 0. The second-order valence-corrected chi connectivity index (χ2v) is 6.62. The molecule has 5 heteroatoms. The van der Waals surface area contributed by atoms with Crippen LogP contribution in [0.25, 0.3) is 6.08 Å². The molecule has 1 heterocycles. The number of benzene rings is 1. The number of hydrogen-bond acceptors (Lipinski definition) is 5. The Labute approximate surface area is 134 Å². The van der Waals surface area contributed by atoms with Crippen molar-refractivity contribution in [3.8, 4) is 11.5 Å². The molecule has 2 aliphatic carbocycles. The molecule has 2 atom stereocenters. The SMILES string of the molecule is COc1ccc2c(c1O)[C@]13CCN(C)[C@](O)(C1)C(=O)C=C3C=C2. The van der Waals surface area contributed by atoms with Crippen molar-refractivity contribution in [1.82, 2.24) is 4.90 Å². The van der Waals surface area contributed by atoms with E-state index in [1.807, 2.05) is 18.2 Å². The van der Waals surface area contributed by atoms with Crippen LogP contribution in [0.4, 0.5) is 0 Å². The fourth-order valence-corrected chi connectivity index (χ4v) is 4.24. The Bertz CT molecular complexity index is 781. The van der Waals surface area contributed by atoms with Crippen LogP contribution < -0.4 is 4.74 Å². The van der Waals surface area contributed by atoms with Crippen LogP contribution in [0.1, 0.15) is 24.0 Å². The number of carbonyl (C=O) groups excluding carboxylic acids is 1. The van der Waals surface area contributed by atoms with E-state index in [1.165, 1.54) is 13.2 Å². The molecule has 2 N–H and O–H groups in total. The highest BCUT2D eigenvalue weighted by molar-refractivity contribution is 6.00. The number of ketones is 1. The van der Waals surface area contributed by atoms with Gasteiger partial charge in [0.15, 0.2) is 17.2 Å². The zero-order valence-electron chi connectivity index (χ0n) is 13.2. The minimum Gasteiger partial charge on any atom is -0.504 e. The molecule has 3 aliphatic rings. The molecule has 1 aromatic carbocycles. The predicted molar refractivity (Wildman–Crippen MR) is 85.3 cm³/mol. The minimum atomic E-state index is -1.51. The number of likely N-dealkylation sites (N-methyl/N-ethyl adjacent to an activating group) is 1. The molecule has 0 amide bonds. The van der Waals surface area contributed by atoms with E-state index >= 15 is 0 Å². The van der Waals surface area contributed by atoms with Crippen LogP contribution in [0.15, 0.2) is 29.9 Å². The van der Waals surface area contributed by atoms with Gasteiger partial charge in [-0.15, -0.1) is 0 Å². The fraction of sp³-hybridized carbons (Fsp3) is 0.389. The lowest BCUT2D eigenvalue weighted by Gasteiger charge is -2.54. The molecule has 0 unspecified atom stereocenters. The van der Waals surface area contributed by atoms with Gasteiger partial charge in [-0.25, -0.2) is 0 Å². The molecule has 1 aliphatic heterocycles. The first-order valence-corrected chi connectivity index (χ1v) is 7.71. The second kappa shape index (κ2) is 4.46. The van der Waals surface area contributed by atoms with E-state index in [1.54, 1.807) is 18.0 Å². The molecule has 5 nitrogen and oxygen atoms in total. The molecule has 4 rings (SSSR count). The number of likely N-dealkylation sites (tertiary alicyclic amines) is 1. The molecule has 2 bridgehead atoms. The van der Waals surface area contributed by atoms with Crippen molar-refractivity contribution < 1.29 is 19.7 Å². The number of fused-ring (bicyclic) bond motifs is 2. The maximum absolute atomic E-state index is 12.4. The first-order valence-electron chi connectivity index (χ1n) is 7.71. The summed E-state index contributed by atoms with van der Waals surface area (Å²) in [6.07, 6.45) is 6.33. The summed E-state index contributed by atoms with van der Waals surface area (Å²) in [6.45, 7) is 0.573. The van der Waals surface area contributed by atoms with Gasteiger partial charge in [0.05, 0.1) is 7.11 Å². The number of phenolic OH excluding ortho intramolecular Hbond substituents is 1. The summed E-state index contributed by atoms with van der Waals surface area (Å²) in [5.74, 6) is 0.217. The average Bonchev–Trinajstić information content (AvgIpc) is 2.53. The van der Waals surface area contributed by atoms with Crippen molar-refractivity contribution in [1.29, 1.82) is 0 Å². The van der Waals surface area contributed by atoms with Crippen molar-refractivity contribution in [2.45, 2.75) is 24.0 Å². The molecular formula is C18H19NO4. The normalized spacial score (nSPS) is 32.1. The van der Waals surface area contributed by atoms with Gasteiger partial charge in [0.1, 0.15) is 0 Å². The van der Waals surface area contributed by atoms with Crippen LogP contribution in [0.3, 0.4) is 0 Å². The molecular weight excluding hydrogens is 294 g/mol. The molecule has 0 radical (unpaired) electrons. The van der Waals surface area contributed by atoms with E-state index in [9.17, 15) is 15.0 Å². The molecule has 0 aromatic heterocycles. The van der Waals surface area contributed by atoms with Gasteiger partial charge >= 0.3 is 0 Å². The van der Waals surface area contributed by atoms with Gasteiger partial charge < -0.3 is 14.9 Å². The van der Waals surface area contributed by atoms with E-state index in [0.29, 0.717) is 12.3 Å². The molecule has 1 spiro atoms. The van der Waals surface area contributed by atoms with Crippen molar-refractivity contribution >= 4 is 11.9 Å². The van der Waals surface area contributed by atoms with Crippen LogP contribution in [0.2, 0.25) is 0 Å². The number of hydrogen-bond donors (Lipinski definition) is 2. The number of rotatable bonds is 1. The van der Waals surface area contributed by atoms with Gasteiger partial charge in [0.2, 0.25) is 5.78 Å². The summed E-state index contributed by atoms with van der Waals surface area (Å²) in [5.41, 5.74) is 0.445. The zero-order valence-corrected chi connectivity index (χ0v) is 13.2. The van der Waals surface area contributed by atoms with E-state index in [2.05, 4.69) is 0 Å². The Morgan fingerprint density at radius 2 is 2.09 bits per heavy atom. The Morgan fingerprint density at radius 1 is 1.30 bits per heavy atom. The zero-order chi connectivity index (χ0) is 16.4. The number of piperidine rings is 1. The molecule has 0 saturated carbocycles. The highest BCUT2D eigenvalue weighted by atomic mass is 16.5. The van der Waals surface area contributed by atoms with Gasteiger partial charge in [-0.3, -0.25) is 9.69 Å². The average molecular weight is 313 g/mol. The molecule has 1 fully saturated rings. The van der Waals surface area contributed by atoms with Crippen molar-refractivity contribution in [3.05, 3.63) is 41.0 Å². The number of aliphatic hydroxyl groups is 1. The molecule has 23 heavy (non-hydrogen) atoms. The van der Waals surface area contributed by atoms with Gasteiger partial charge in [-0.1, -0.05) is 18.2 Å². The molecule has 1 saturated heterocycles. The van der Waals surface area contributed by atoms with Crippen LogP contribution >= 0.6 is 0 Å². The summed E-state index contributed by atoms with van der Waals surface area (Å²) in [4.78, 5) is 14.1. The lowest BCUT2D eigenvalue weighted by atomic mass is 9.58. The number of aromatic hydroxyl groups is 1. The van der Waals surface area contributed by atoms with Crippen LogP contribution in [0.5, 0.6) is 11.5 Å². The van der Waals surface area contributed by atoms with Crippen LogP contribution in [-0.2, 0) is 10.2 Å². The predicted octanol–water partition coefficient (Wildman–Crippen LogP) is 1.59. The lowest BCUT2D eigenvalue weighted by molar-refractivity contribution is -0.168. The number of carbonyl (C=O) groups is 1. The summed E-state index contributed by atoms with van der Waals surface area (Å²) in [6, 6.07) is 3.64. The van der Waals surface area contributed by atoms with Gasteiger partial charge in [0.25, 0.3) is 0 Å². The monoisotopic (exact) mass is 313 g/mol. The lowest BCUT2D eigenvalue weighted by Crippen LogP contribution is -2.63. The second-order valence-electron chi connectivity index (χ2n) is 6.62. The van der Waals surface area contributed by atoms with Gasteiger partial charge in [0, 0.05) is 23.9 Å². The van der Waals surface area contributed by atoms with Gasteiger partial charge in [-0.05, 0) is 36.7 Å². The highest BCUT2D eigenvalue weighted by Gasteiger charge is 2.57. The Morgan fingerprint density at radius 3 is 2.83 bits per heavy atom. The first-order chi connectivity index (χ1) is 10.9. The standard InChI is InChI=1S/C18H19NO4/c1-19-8-7-17-10-18(19,22)14(20)9-12(17)5-3-11-4-6-13(23-2)16(21)15(11)17/h3-6,9,21-22H,7-8,10H2,1-2H3/t17-,18+/m1/s1. The minimum absolute atomic E-state index is 0.0986. The number of nitrogens with zero attached hydrogens (tertiary/aromatic N) is 1. The van der Waals surface area contributed by atoms with Crippen LogP contribution in [-0.4, -0.2) is 47.3 Å². The number of phenols is 1. The quantitative estimate of drug-likeness (QED) is 0.824. The van der Waals surface area contributed by atoms with Crippen molar-refractivity contribution in [2.75, 3.05) is 20.7 Å². The maximum atomic E-state index is 12.4. The largest absolute Gasteiger partial charge is 0.504 e. The summed E-state index contributed by atoms with van der Waals surface area (Å²) in [7, 11) is 3.28. The van der Waals surface area contributed by atoms with Crippen molar-refractivity contribution in [3.63, 3.8) is 0 Å². The maximum Gasteiger partial charge on any atom is 0.202 e. The van der Waals surface area contributed by atoms with E-state index in [4.69, 9.17) is 4.74 Å². The Kier molecular flexibility index (Phi) is 2.81. The van der Waals surface area contributed by atoms with E-state index in [-0.39, 0.29) is 18.0 Å². The van der Waals surface area contributed by atoms with Crippen molar-refractivity contribution in [2.24, 2.45) is 0 Å². The van der Waals surface area contributed by atoms with Gasteiger partial charge in [-0.2, -0.15) is 0 Å². The number of ether oxygens (including phenoxy) is 1. The molecule has 1 aromatic rings.